The quantitative estimate of drug-likeness (QED) is 0.732. The lowest BCUT2D eigenvalue weighted by Crippen LogP contribution is -2.50. The summed E-state index contributed by atoms with van der Waals surface area (Å²) < 4.78 is 0.964. The van der Waals surface area contributed by atoms with Crippen LogP contribution in [0.1, 0.15) is 51.1 Å². The molecule has 1 aliphatic carbocycles. The molecule has 140 valence electrons. The number of halogens is 1. The predicted molar refractivity (Wildman–Crippen MR) is 101 cm³/mol. The van der Waals surface area contributed by atoms with Crippen molar-refractivity contribution in [3.8, 4) is 0 Å². The average molecular weight is 422 g/mol. The molecule has 1 unspecified atom stereocenters. The van der Waals surface area contributed by atoms with Gasteiger partial charge in [0.05, 0.1) is 6.04 Å². The summed E-state index contributed by atoms with van der Waals surface area (Å²) in [7, 11) is 0. The van der Waals surface area contributed by atoms with E-state index in [0.29, 0.717) is 18.8 Å². The second kappa shape index (κ2) is 7.39. The van der Waals surface area contributed by atoms with Crippen LogP contribution in [0.5, 0.6) is 0 Å². The number of carbonyl (C=O) groups excluding carboxylic acids is 3. The molecule has 1 atom stereocenters. The van der Waals surface area contributed by atoms with Crippen molar-refractivity contribution < 1.29 is 14.4 Å². The van der Waals surface area contributed by atoms with Gasteiger partial charge in [-0.3, -0.25) is 14.5 Å². The molecule has 1 heterocycles. The summed E-state index contributed by atoms with van der Waals surface area (Å²) >= 11 is 3.38. The molecule has 0 radical (unpaired) electrons. The van der Waals surface area contributed by atoms with Crippen LogP contribution in [-0.4, -0.2) is 34.8 Å². The molecular formula is C19H24BrN3O3. The highest BCUT2D eigenvalue weighted by molar-refractivity contribution is 9.10. The van der Waals surface area contributed by atoms with Crippen LogP contribution in [-0.2, 0) is 9.59 Å². The topological polar surface area (TPSA) is 78.5 Å². The largest absolute Gasteiger partial charge is 0.348 e. The van der Waals surface area contributed by atoms with Gasteiger partial charge in [0, 0.05) is 4.47 Å². The molecule has 6 nitrogen and oxygen atoms in total. The highest BCUT2D eigenvalue weighted by Gasteiger charge is 2.52. The van der Waals surface area contributed by atoms with Gasteiger partial charge in [-0.15, -0.1) is 0 Å². The third-order valence-corrected chi connectivity index (χ3v) is 5.95. The molecule has 3 rings (SSSR count). The minimum atomic E-state index is -0.804. The number of hydrogen-bond donors (Lipinski definition) is 2. The SMILES string of the molecule is CC1CCC2(CC1)NC(=O)N(CC(=O)NC(C)c1ccc(Br)cc1)C2=O. The van der Waals surface area contributed by atoms with Gasteiger partial charge in [-0.1, -0.05) is 35.0 Å². The van der Waals surface area contributed by atoms with Gasteiger partial charge >= 0.3 is 6.03 Å². The minimum Gasteiger partial charge on any atom is -0.348 e. The van der Waals surface area contributed by atoms with E-state index in [4.69, 9.17) is 0 Å². The maximum atomic E-state index is 12.8. The average Bonchev–Trinajstić information content (AvgIpc) is 2.82. The standard InChI is InChI=1S/C19H24BrN3O3/c1-12-7-9-19(10-8-12)17(25)23(18(26)22-19)11-16(24)21-13(2)14-3-5-15(20)6-4-14/h3-6,12-13H,7-11H2,1-2H3,(H,21,24)(H,22,26). The molecule has 2 aliphatic rings. The smallest absolute Gasteiger partial charge is 0.325 e. The number of benzene rings is 1. The highest BCUT2D eigenvalue weighted by atomic mass is 79.9. The lowest BCUT2D eigenvalue weighted by Gasteiger charge is -2.33. The first kappa shape index (κ1) is 18.9. The molecule has 2 fully saturated rings. The third-order valence-electron chi connectivity index (χ3n) is 5.42. The molecule has 26 heavy (non-hydrogen) atoms. The zero-order valence-corrected chi connectivity index (χ0v) is 16.6. The summed E-state index contributed by atoms with van der Waals surface area (Å²) in [6.45, 7) is 3.78. The van der Waals surface area contributed by atoms with E-state index in [-0.39, 0.29) is 24.4 Å². The maximum absolute atomic E-state index is 12.8. The Bertz CT molecular complexity index is 711. The number of amides is 4. The Labute approximate surface area is 161 Å². The molecule has 0 aromatic heterocycles. The van der Waals surface area contributed by atoms with E-state index in [1.807, 2.05) is 31.2 Å². The first-order valence-corrected chi connectivity index (χ1v) is 9.79. The number of urea groups is 1. The Morgan fingerprint density at radius 2 is 1.92 bits per heavy atom. The molecule has 2 N–H and O–H groups in total. The first-order valence-electron chi connectivity index (χ1n) is 9.00. The second-order valence-electron chi connectivity index (χ2n) is 7.43. The molecule has 1 spiro atoms. The normalized spacial score (nSPS) is 26.7. The fourth-order valence-electron chi connectivity index (χ4n) is 3.68. The molecule has 1 aliphatic heterocycles. The number of hydrogen-bond acceptors (Lipinski definition) is 3. The van der Waals surface area contributed by atoms with Crippen LogP contribution < -0.4 is 10.6 Å². The van der Waals surface area contributed by atoms with E-state index in [1.54, 1.807) is 0 Å². The van der Waals surface area contributed by atoms with Crippen LogP contribution in [0.4, 0.5) is 4.79 Å². The van der Waals surface area contributed by atoms with E-state index < -0.39 is 11.6 Å². The highest BCUT2D eigenvalue weighted by Crippen LogP contribution is 2.36. The summed E-state index contributed by atoms with van der Waals surface area (Å²) in [5.74, 6) is -0.0413. The molecule has 1 aromatic rings. The third kappa shape index (κ3) is 3.77. The second-order valence-corrected chi connectivity index (χ2v) is 8.34. The zero-order valence-electron chi connectivity index (χ0n) is 15.0. The Kier molecular flexibility index (Phi) is 5.37. The molecule has 1 aromatic carbocycles. The van der Waals surface area contributed by atoms with E-state index in [1.165, 1.54) is 0 Å². The summed E-state index contributed by atoms with van der Waals surface area (Å²) in [5.41, 5.74) is 0.151. The van der Waals surface area contributed by atoms with E-state index >= 15 is 0 Å². The van der Waals surface area contributed by atoms with Crippen molar-refractivity contribution in [2.75, 3.05) is 6.54 Å². The van der Waals surface area contributed by atoms with E-state index in [0.717, 1.165) is 27.8 Å². The lowest BCUT2D eigenvalue weighted by atomic mass is 9.77. The lowest BCUT2D eigenvalue weighted by molar-refractivity contribution is -0.136. The van der Waals surface area contributed by atoms with Crippen LogP contribution in [0.15, 0.2) is 28.7 Å². The molecule has 4 amide bonds. The predicted octanol–water partition coefficient (Wildman–Crippen LogP) is 3.13. The maximum Gasteiger partial charge on any atom is 0.325 e. The van der Waals surface area contributed by atoms with Crippen LogP contribution in [0.3, 0.4) is 0 Å². The Hall–Kier alpha value is -1.89. The Morgan fingerprint density at radius 1 is 1.31 bits per heavy atom. The van der Waals surface area contributed by atoms with Crippen molar-refractivity contribution in [1.82, 2.24) is 15.5 Å². The van der Waals surface area contributed by atoms with Crippen LogP contribution in [0, 0.1) is 5.92 Å². The van der Waals surface area contributed by atoms with Crippen molar-refractivity contribution in [2.45, 2.75) is 51.1 Å². The van der Waals surface area contributed by atoms with Gasteiger partial charge < -0.3 is 10.6 Å². The number of carbonyl (C=O) groups is 3. The van der Waals surface area contributed by atoms with Gasteiger partial charge in [-0.05, 0) is 56.2 Å². The van der Waals surface area contributed by atoms with E-state index in [2.05, 4.69) is 33.5 Å². The van der Waals surface area contributed by atoms with Gasteiger partial charge in [0.15, 0.2) is 0 Å². The number of imide groups is 1. The van der Waals surface area contributed by atoms with Crippen molar-refractivity contribution in [2.24, 2.45) is 5.92 Å². The molecule has 1 saturated heterocycles. The molecule has 7 heteroatoms. The summed E-state index contributed by atoms with van der Waals surface area (Å²) in [4.78, 5) is 38.5. The van der Waals surface area contributed by atoms with Gasteiger partial charge in [0.25, 0.3) is 5.91 Å². The van der Waals surface area contributed by atoms with Crippen LogP contribution in [0.25, 0.3) is 0 Å². The molecule has 0 bridgehead atoms. The van der Waals surface area contributed by atoms with Crippen molar-refractivity contribution in [3.05, 3.63) is 34.3 Å². The monoisotopic (exact) mass is 421 g/mol. The van der Waals surface area contributed by atoms with Gasteiger partial charge in [0.1, 0.15) is 12.1 Å². The number of nitrogens with one attached hydrogen (secondary N) is 2. The fourth-order valence-corrected chi connectivity index (χ4v) is 3.94. The molecule has 1 saturated carbocycles. The van der Waals surface area contributed by atoms with Gasteiger partial charge in [-0.25, -0.2) is 4.79 Å². The fraction of sp³-hybridized carbons (Fsp3) is 0.526. The summed E-state index contributed by atoms with van der Waals surface area (Å²) in [6.07, 6.45) is 3.11. The van der Waals surface area contributed by atoms with Crippen molar-refractivity contribution >= 4 is 33.8 Å². The van der Waals surface area contributed by atoms with Crippen molar-refractivity contribution in [3.63, 3.8) is 0 Å². The van der Waals surface area contributed by atoms with Gasteiger partial charge in [0.2, 0.25) is 5.91 Å². The van der Waals surface area contributed by atoms with Gasteiger partial charge in [-0.2, -0.15) is 0 Å². The van der Waals surface area contributed by atoms with Crippen LogP contribution in [0.2, 0.25) is 0 Å². The van der Waals surface area contributed by atoms with Crippen molar-refractivity contribution in [1.29, 1.82) is 0 Å². The summed E-state index contributed by atoms with van der Waals surface area (Å²) in [5, 5.41) is 5.69. The van der Waals surface area contributed by atoms with E-state index in [9.17, 15) is 14.4 Å². The summed E-state index contributed by atoms with van der Waals surface area (Å²) in [6, 6.07) is 6.98. The first-order chi connectivity index (χ1) is 12.3. The zero-order chi connectivity index (χ0) is 18.9. The minimum absolute atomic E-state index is 0.208. The number of rotatable bonds is 4. The van der Waals surface area contributed by atoms with Crippen LogP contribution >= 0.6 is 15.9 Å². The Balaban J connectivity index is 1.61. The molecular weight excluding hydrogens is 398 g/mol. The Morgan fingerprint density at radius 3 is 2.54 bits per heavy atom. The number of nitrogens with zero attached hydrogens (tertiary/aromatic N) is 1.